The molecule has 2 aromatic carbocycles. The number of nitrogens with zero attached hydrogens (tertiary/aromatic N) is 3. The van der Waals surface area contributed by atoms with Gasteiger partial charge in [-0.05, 0) is 43.7 Å². The summed E-state index contributed by atoms with van der Waals surface area (Å²) in [7, 11) is 0. The first-order chi connectivity index (χ1) is 14.5. The van der Waals surface area contributed by atoms with Crippen molar-refractivity contribution in [1.82, 2.24) is 9.80 Å². The Morgan fingerprint density at radius 2 is 1.67 bits per heavy atom. The highest BCUT2D eigenvalue weighted by Gasteiger charge is 2.31. The Morgan fingerprint density at radius 3 is 2.37 bits per heavy atom. The summed E-state index contributed by atoms with van der Waals surface area (Å²) >= 11 is 12.7. The van der Waals surface area contributed by atoms with E-state index in [-0.39, 0.29) is 17.6 Å². The molecule has 0 saturated carbocycles. The molecule has 2 aliphatic rings. The first-order valence-electron chi connectivity index (χ1n) is 10.5. The lowest BCUT2D eigenvalue weighted by Crippen LogP contribution is -2.52. The summed E-state index contributed by atoms with van der Waals surface area (Å²) < 4.78 is 14.1. The van der Waals surface area contributed by atoms with Gasteiger partial charge in [-0.2, -0.15) is 0 Å². The molecule has 0 spiro atoms. The summed E-state index contributed by atoms with van der Waals surface area (Å²) in [5, 5.41) is 1.33. The van der Waals surface area contributed by atoms with Crippen molar-refractivity contribution in [3.05, 3.63) is 63.9 Å². The van der Waals surface area contributed by atoms with Crippen LogP contribution in [0, 0.1) is 11.7 Å². The fourth-order valence-electron chi connectivity index (χ4n) is 4.44. The van der Waals surface area contributed by atoms with E-state index < -0.39 is 0 Å². The van der Waals surface area contributed by atoms with Crippen LogP contribution in [0.1, 0.15) is 18.4 Å². The molecule has 2 aliphatic heterocycles. The number of likely N-dealkylation sites (tertiary alicyclic amines) is 1. The molecule has 160 valence electrons. The molecule has 1 atom stereocenters. The van der Waals surface area contributed by atoms with Gasteiger partial charge >= 0.3 is 0 Å². The van der Waals surface area contributed by atoms with Crippen LogP contribution in [0.5, 0.6) is 0 Å². The van der Waals surface area contributed by atoms with Crippen molar-refractivity contribution in [2.75, 3.05) is 44.2 Å². The number of amides is 1. The second-order valence-electron chi connectivity index (χ2n) is 8.04. The molecule has 0 bridgehead atoms. The standard InChI is InChI=1S/C23H26Cl2FN3O/c24-19-6-3-7-20(25)18(19)16-27-10-4-5-17(15-27)23(30)29-13-11-28(12-14-29)22-9-2-1-8-21(22)26/h1-3,6-9,17H,4-5,10-16H2/t17-/m1/s1. The van der Waals surface area contributed by atoms with Gasteiger partial charge in [-0.3, -0.25) is 9.69 Å². The number of hydrogen-bond acceptors (Lipinski definition) is 3. The van der Waals surface area contributed by atoms with Crippen LogP contribution >= 0.6 is 23.2 Å². The molecular formula is C23H26Cl2FN3O. The normalized spacial score (nSPS) is 20.4. The minimum absolute atomic E-state index is 0.0139. The Bertz CT molecular complexity index is 882. The Hall–Kier alpha value is -1.82. The van der Waals surface area contributed by atoms with E-state index in [0.717, 1.165) is 24.9 Å². The summed E-state index contributed by atoms with van der Waals surface area (Å²) in [6, 6.07) is 12.4. The van der Waals surface area contributed by atoms with Crippen molar-refractivity contribution in [3.8, 4) is 0 Å². The Kier molecular flexibility index (Phi) is 6.81. The molecular weight excluding hydrogens is 424 g/mol. The van der Waals surface area contributed by atoms with Crippen molar-refractivity contribution >= 4 is 34.8 Å². The first-order valence-corrected chi connectivity index (χ1v) is 11.2. The maximum absolute atomic E-state index is 14.1. The van der Waals surface area contributed by atoms with Crippen LogP contribution in [-0.4, -0.2) is 55.0 Å². The Balaban J connectivity index is 1.34. The van der Waals surface area contributed by atoms with E-state index in [9.17, 15) is 9.18 Å². The van der Waals surface area contributed by atoms with Gasteiger partial charge in [0.1, 0.15) is 5.82 Å². The van der Waals surface area contributed by atoms with Crippen LogP contribution in [0.15, 0.2) is 42.5 Å². The van der Waals surface area contributed by atoms with E-state index in [0.29, 0.717) is 55.0 Å². The van der Waals surface area contributed by atoms with E-state index in [1.807, 2.05) is 34.1 Å². The van der Waals surface area contributed by atoms with E-state index in [4.69, 9.17) is 23.2 Å². The third kappa shape index (κ3) is 4.74. The van der Waals surface area contributed by atoms with Gasteiger partial charge in [0.15, 0.2) is 0 Å². The smallest absolute Gasteiger partial charge is 0.227 e. The van der Waals surface area contributed by atoms with Crippen LogP contribution in [0.25, 0.3) is 0 Å². The molecule has 0 aromatic heterocycles. The zero-order valence-corrected chi connectivity index (χ0v) is 18.4. The Labute approximate surface area is 187 Å². The first kappa shape index (κ1) is 21.4. The van der Waals surface area contributed by atoms with Gasteiger partial charge < -0.3 is 9.80 Å². The van der Waals surface area contributed by atoms with Gasteiger partial charge in [0.25, 0.3) is 0 Å². The second kappa shape index (κ2) is 9.54. The van der Waals surface area contributed by atoms with Gasteiger partial charge in [-0.1, -0.05) is 41.4 Å². The topological polar surface area (TPSA) is 26.8 Å². The lowest BCUT2D eigenvalue weighted by atomic mass is 9.95. The third-order valence-corrected chi connectivity index (χ3v) is 6.79. The van der Waals surface area contributed by atoms with Crippen LogP contribution in [0.2, 0.25) is 10.0 Å². The predicted octanol–water partition coefficient (Wildman–Crippen LogP) is 4.69. The quantitative estimate of drug-likeness (QED) is 0.676. The lowest BCUT2D eigenvalue weighted by molar-refractivity contribution is -0.137. The monoisotopic (exact) mass is 449 g/mol. The molecule has 0 radical (unpaired) electrons. The van der Waals surface area contributed by atoms with E-state index in [1.165, 1.54) is 6.07 Å². The molecule has 4 rings (SSSR count). The average Bonchev–Trinajstić information content (AvgIpc) is 2.77. The highest BCUT2D eigenvalue weighted by Crippen LogP contribution is 2.28. The molecule has 4 nitrogen and oxygen atoms in total. The largest absolute Gasteiger partial charge is 0.366 e. The number of anilines is 1. The minimum atomic E-state index is -0.210. The molecule has 2 saturated heterocycles. The summed E-state index contributed by atoms with van der Waals surface area (Å²) in [6.45, 7) is 4.86. The summed E-state index contributed by atoms with van der Waals surface area (Å²) in [5.41, 5.74) is 1.54. The number of piperazine rings is 1. The van der Waals surface area contributed by atoms with Crippen molar-refractivity contribution in [1.29, 1.82) is 0 Å². The minimum Gasteiger partial charge on any atom is -0.366 e. The van der Waals surface area contributed by atoms with Crippen LogP contribution < -0.4 is 4.90 Å². The number of benzene rings is 2. The molecule has 0 unspecified atom stereocenters. The van der Waals surface area contributed by atoms with Gasteiger partial charge in [0.2, 0.25) is 5.91 Å². The maximum Gasteiger partial charge on any atom is 0.227 e. The van der Waals surface area contributed by atoms with E-state index in [1.54, 1.807) is 12.1 Å². The van der Waals surface area contributed by atoms with Gasteiger partial charge in [-0.25, -0.2) is 4.39 Å². The van der Waals surface area contributed by atoms with Crippen LogP contribution in [0.3, 0.4) is 0 Å². The zero-order valence-electron chi connectivity index (χ0n) is 16.9. The number of carbonyl (C=O) groups excluding carboxylic acids is 1. The average molecular weight is 450 g/mol. The van der Waals surface area contributed by atoms with Crippen molar-refractivity contribution in [3.63, 3.8) is 0 Å². The van der Waals surface area contributed by atoms with Gasteiger partial charge in [0, 0.05) is 54.9 Å². The fourth-order valence-corrected chi connectivity index (χ4v) is 4.96. The van der Waals surface area contributed by atoms with Gasteiger partial charge in [-0.15, -0.1) is 0 Å². The van der Waals surface area contributed by atoms with Crippen molar-refractivity contribution in [2.45, 2.75) is 19.4 Å². The SMILES string of the molecule is O=C([C@@H]1CCCN(Cc2c(Cl)cccc2Cl)C1)N1CCN(c2ccccc2F)CC1. The molecule has 0 aliphatic carbocycles. The van der Waals surface area contributed by atoms with Crippen molar-refractivity contribution in [2.24, 2.45) is 5.92 Å². The highest BCUT2D eigenvalue weighted by molar-refractivity contribution is 6.35. The summed E-state index contributed by atoms with van der Waals surface area (Å²) in [4.78, 5) is 19.4. The lowest BCUT2D eigenvalue weighted by Gasteiger charge is -2.39. The fraction of sp³-hybridized carbons (Fsp3) is 0.435. The number of carbonyl (C=O) groups is 1. The zero-order chi connectivity index (χ0) is 21.1. The molecule has 2 heterocycles. The summed E-state index contributed by atoms with van der Waals surface area (Å²) in [6.07, 6.45) is 1.88. The van der Waals surface area contributed by atoms with Gasteiger partial charge in [0.05, 0.1) is 11.6 Å². The maximum atomic E-state index is 14.1. The molecule has 1 amide bonds. The number of piperidine rings is 1. The second-order valence-corrected chi connectivity index (χ2v) is 8.85. The molecule has 30 heavy (non-hydrogen) atoms. The number of rotatable bonds is 4. The highest BCUT2D eigenvalue weighted by atomic mass is 35.5. The molecule has 2 fully saturated rings. The van der Waals surface area contributed by atoms with E-state index >= 15 is 0 Å². The predicted molar refractivity (Wildman–Crippen MR) is 120 cm³/mol. The molecule has 7 heteroatoms. The molecule has 0 N–H and O–H groups in total. The number of hydrogen-bond donors (Lipinski definition) is 0. The van der Waals surface area contributed by atoms with Crippen LogP contribution in [-0.2, 0) is 11.3 Å². The number of para-hydroxylation sites is 1. The van der Waals surface area contributed by atoms with Crippen molar-refractivity contribution < 1.29 is 9.18 Å². The van der Waals surface area contributed by atoms with Crippen LogP contribution in [0.4, 0.5) is 10.1 Å². The third-order valence-electron chi connectivity index (χ3n) is 6.08. The number of halogens is 3. The van der Waals surface area contributed by atoms with E-state index in [2.05, 4.69) is 4.90 Å². The Morgan fingerprint density at radius 1 is 0.967 bits per heavy atom. The summed E-state index contributed by atoms with van der Waals surface area (Å²) in [5.74, 6) is -0.0170. The molecule has 2 aromatic rings.